The predicted molar refractivity (Wildman–Crippen MR) is 123 cm³/mol. The Kier molecular flexibility index (Phi) is 5.62. The van der Waals surface area contributed by atoms with E-state index >= 15 is 0 Å². The summed E-state index contributed by atoms with van der Waals surface area (Å²) in [4.78, 5) is 18.0. The van der Waals surface area contributed by atoms with Gasteiger partial charge in [-0.2, -0.15) is 0 Å². The molecule has 1 unspecified atom stereocenters. The number of carbonyl (C=O) groups is 1. The van der Waals surface area contributed by atoms with Crippen molar-refractivity contribution in [2.45, 2.75) is 37.8 Å². The average molecular weight is 472 g/mol. The molecule has 1 aliphatic carbocycles. The lowest BCUT2D eigenvalue weighted by atomic mass is 9.96. The molecule has 8 heteroatoms. The highest BCUT2D eigenvalue weighted by atomic mass is 35.5. The topological polar surface area (TPSA) is 68.4 Å². The lowest BCUT2D eigenvalue weighted by Crippen LogP contribution is -2.46. The van der Waals surface area contributed by atoms with Crippen LogP contribution in [0, 0.1) is 11.6 Å². The first-order chi connectivity index (χ1) is 15.8. The standard InChI is InChI=1S/C25H24ClF2N3O2/c26-18-9-15(10-20(28)11-18)13-30-23(16-1-2-16)25(33)6-8-31(24(25)32)7-5-17-14-29-22-4-3-19(27)12-21(17)22/h3-4,9-12,14,29-30,33H,1-2,5-8,13H2. The van der Waals surface area contributed by atoms with Crippen LogP contribution in [-0.4, -0.2) is 39.6 Å². The number of allylic oxidation sites excluding steroid dienone is 1. The molecule has 0 radical (unpaired) electrons. The molecule has 1 saturated carbocycles. The Labute approximate surface area is 195 Å². The van der Waals surface area contributed by atoms with Crippen LogP contribution in [0.2, 0.25) is 5.02 Å². The fraction of sp³-hybridized carbons (Fsp3) is 0.320. The van der Waals surface area contributed by atoms with Crippen LogP contribution in [0.5, 0.6) is 0 Å². The van der Waals surface area contributed by atoms with E-state index in [1.807, 2.05) is 6.20 Å². The quantitative estimate of drug-likeness (QED) is 0.477. The third-order valence-corrected chi connectivity index (χ3v) is 6.64. The molecule has 2 heterocycles. The van der Waals surface area contributed by atoms with E-state index in [0.29, 0.717) is 35.8 Å². The number of likely N-dealkylation sites (tertiary alicyclic amines) is 1. The highest BCUT2D eigenvalue weighted by Crippen LogP contribution is 2.39. The van der Waals surface area contributed by atoms with Crippen molar-refractivity contribution in [3.05, 3.63) is 81.6 Å². The number of aliphatic hydroxyl groups is 1. The first-order valence-electron chi connectivity index (χ1n) is 11.0. The Bertz CT molecular complexity index is 1250. The van der Waals surface area contributed by atoms with Crippen LogP contribution in [0.4, 0.5) is 8.78 Å². The van der Waals surface area contributed by atoms with Crippen molar-refractivity contribution >= 4 is 28.4 Å². The second-order valence-corrected chi connectivity index (χ2v) is 9.20. The number of H-pyrrole nitrogens is 1. The number of aromatic amines is 1. The summed E-state index contributed by atoms with van der Waals surface area (Å²) < 4.78 is 27.3. The molecule has 0 bridgehead atoms. The van der Waals surface area contributed by atoms with Crippen molar-refractivity contribution in [1.29, 1.82) is 0 Å². The van der Waals surface area contributed by atoms with E-state index in [9.17, 15) is 18.7 Å². The SMILES string of the molecule is O=C1N(CCc2c[nH]c3ccc(F)cc23)CCC1(O)C(NCc1cc(F)cc(Cl)c1)=C1CC1. The smallest absolute Gasteiger partial charge is 0.260 e. The zero-order valence-electron chi connectivity index (χ0n) is 17.9. The van der Waals surface area contributed by atoms with Gasteiger partial charge in [0, 0.05) is 48.2 Å². The fourth-order valence-electron chi connectivity index (χ4n) is 4.60. The van der Waals surface area contributed by atoms with E-state index in [1.54, 1.807) is 17.0 Å². The van der Waals surface area contributed by atoms with Gasteiger partial charge < -0.3 is 20.3 Å². The van der Waals surface area contributed by atoms with Gasteiger partial charge in [-0.3, -0.25) is 4.79 Å². The molecule has 3 N–H and O–H groups in total. The minimum atomic E-state index is -1.62. The zero-order valence-corrected chi connectivity index (χ0v) is 18.7. The maximum absolute atomic E-state index is 13.7. The Balaban J connectivity index is 1.29. The van der Waals surface area contributed by atoms with Crippen molar-refractivity contribution in [3.63, 3.8) is 0 Å². The van der Waals surface area contributed by atoms with Gasteiger partial charge in [-0.05, 0) is 72.4 Å². The van der Waals surface area contributed by atoms with Gasteiger partial charge in [0.05, 0.1) is 5.70 Å². The van der Waals surface area contributed by atoms with Crippen molar-refractivity contribution in [2.24, 2.45) is 0 Å². The molecule has 1 atom stereocenters. The number of carbonyl (C=O) groups excluding carboxylic acids is 1. The van der Waals surface area contributed by atoms with E-state index in [1.165, 1.54) is 24.3 Å². The third-order valence-electron chi connectivity index (χ3n) is 6.42. The summed E-state index contributed by atoms with van der Waals surface area (Å²) in [7, 11) is 0. The van der Waals surface area contributed by atoms with Gasteiger partial charge in [0.1, 0.15) is 11.6 Å². The molecule has 1 amide bonds. The molecule has 172 valence electrons. The molecule has 1 saturated heterocycles. The van der Waals surface area contributed by atoms with Crippen molar-refractivity contribution in [3.8, 4) is 0 Å². The minimum absolute atomic E-state index is 0.257. The highest BCUT2D eigenvalue weighted by molar-refractivity contribution is 6.30. The summed E-state index contributed by atoms with van der Waals surface area (Å²) in [5, 5.41) is 15.7. The van der Waals surface area contributed by atoms with Crippen LogP contribution >= 0.6 is 11.6 Å². The average Bonchev–Trinajstić information content (AvgIpc) is 3.46. The van der Waals surface area contributed by atoms with E-state index in [2.05, 4.69) is 10.3 Å². The normalized spacial score (nSPS) is 20.1. The Hall–Kier alpha value is -2.90. The summed E-state index contributed by atoms with van der Waals surface area (Å²) in [5.41, 5.74) is 2.34. The summed E-state index contributed by atoms with van der Waals surface area (Å²) >= 11 is 5.95. The van der Waals surface area contributed by atoms with E-state index in [4.69, 9.17) is 11.6 Å². The van der Waals surface area contributed by atoms with Gasteiger partial charge in [-0.1, -0.05) is 11.6 Å². The van der Waals surface area contributed by atoms with Crippen LogP contribution in [-0.2, 0) is 17.8 Å². The molecule has 2 aliphatic rings. The number of aromatic nitrogens is 1. The van der Waals surface area contributed by atoms with E-state index in [-0.39, 0.29) is 24.7 Å². The molecular weight excluding hydrogens is 448 g/mol. The molecule has 5 nitrogen and oxygen atoms in total. The van der Waals surface area contributed by atoms with Crippen molar-refractivity contribution in [2.75, 3.05) is 13.1 Å². The second-order valence-electron chi connectivity index (χ2n) is 8.77. The number of hydrogen-bond acceptors (Lipinski definition) is 3. The van der Waals surface area contributed by atoms with Crippen LogP contribution in [0.1, 0.15) is 30.4 Å². The molecule has 0 spiro atoms. The number of fused-ring (bicyclic) bond motifs is 1. The summed E-state index contributed by atoms with van der Waals surface area (Å²) in [5.74, 6) is -1.08. The summed E-state index contributed by atoms with van der Waals surface area (Å²) in [6, 6.07) is 8.86. The molecule has 2 fully saturated rings. The maximum atomic E-state index is 13.7. The van der Waals surface area contributed by atoms with Crippen LogP contribution < -0.4 is 5.32 Å². The number of rotatable bonds is 7. The monoisotopic (exact) mass is 471 g/mol. The van der Waals surface area contributed by atoms with E-state index in [0.717, 1.165) is 34.9 Å². The minimum Gasteiger partial charge on any atom is -0.382 e. The van der Waals surface area contributed by atoms with Crippen molar-refractivity contribution < 1.29 is 18.7 Å². The van der Waals surface area contributed by atoms with Gasteiger partial charge in [-0.15, -0.1) is 0 Å². The molecule has 1 aromatic heterocycles. The Morgan fingerprint density at radius 2 is 2.00 bits per heavy atom. The van der Waals surface area contributed by atoms with Gasteiger partial charge in [0.2, 0.25) is 0 Å². The van der Waals surface area contributed by atoms with Gasteiger partial charge in [0.15, 0.2) is 5.60 Å². The molecule has 3 aromatic rings. The Morgan fingerprint density at radius 1 is 1.18 bits per heavy atom. The number of halogens is 3. The van der Waals surface area contributed by atoms with Gasteiger partial charge >= 0.3 is 0 Å². The molecular formula is C25H24ClF2N3O2. The lowest BCUT2D eigenvalue weighted by molar-refractivity contribution is -0.140. The first-order valence-corrected chi connectivity index (χ1v) is 11.4. The third kappa shape index (κ3) is 4.35. The predicted octanol–water partition coefficient (Wildman–Crippen LogP) is 4.44. The highest BCUT2D eigenvalue weighted by Gasteiger charge is 2.50. The zero-order chi connectivity index (χ0) is 23.2. The molecule has 5 rings (SSSR count). The van der Waals surface area contributed by atoms with Gasteiger partial charge in [-0.25, -0.2) is 8.78 Å². The molecule has 1 aliphatic heterocycles. The number of hydrogen-bond donors (Lipinski definition) is 3. The largest absolute Gasteiger partial charge is 0.382 e. The number of nitrogens with zero attached hydrogens (tertiary/aromatic N) is 1. The lowest BCUT2D eigenvalue weighted by Gasteiger charge is -2.26. The van der Waals surface area contributed by atoms with Crippen LogP contribution in [0.15, 0.2) is 53.9 Å². The second kappa shape index (κ2) is 8.47. The molecule has 33 heavy (non-hydrogen) atoms. The Morgan fingerprint density at radius 3 is 2.76 bits per heavy atom. The van der Waals surface area contributed by atoms with Crippen molar-refractivity contribution in [1.82, 2.24) is 15.2 Å². The maximum Gasteiger partial charge on any atom is 0.260 e. The number of amides is 1. The number of nitrogens with one attached hydrogen (secondary N) is 2. The van der Waals surface area contributed by atoms with Gasteiger partial charge in [0.25, 0.3) is 5.91 Å². The van der Waals surface area contributed by atoms with E-state index < -0.39 is 11.4 Å². The summed E-state index contributed by atoms with van der Waals surface area (Å²) in [6.45, 7) is 1.11. The fourth-order valence-corrected chi connectivity index (χ4v) is 4.85. The summed E-state index contributed by atoms with van der Waals surface area (Å²) in [6.07, 6.45) is 4.31. The first kappa shape index (κ1) is 21.9. The molecule has 2 aromatic carbocycles. The number of benzene rings is 2. The van der Waals surface area contributed by atoms with Crippen LogP contribution in [0.25, 0.3) is 10.9 Å². The van der Waals surface area contributed by atoms with Crippen LogP contribution in [0.3, 0.4) is 0 Å².